The van der Waals surface area contributed by atoms with Gasteiger partial charge in [-0.2, -0.15) is 0 Å². The van der Waals surface area contributed by atoms with Crippen molar-refractivity contribution in [1.29, 1.82) is 0 Å². The molecule has 1 heteroatoms. The maximum Gasteiger partial charge on any atom is 0.0702 e. The summed E-state index contributed by atoms with van der Waals surface area (Å²) in [5, 5.41) is 0. The summed E-state index contributed by atoms with van der Waals surface area (Å²) in [5.41, 5.74) is 5.94. The van der Waals surface area contributed by atoms with Crippen LogP contribution in [0.15, 0.2) is 72.9 Å². The molecule has 0 unspecified atom stereocenters. The topological polar surface area (TPSA) is 12.9 Å². The highest BCUT2D eigenvalue weighted by Crippen LogP contribution is 2.24. The van der Waals surface area contributed by atoms with Gasteiger partial charge in [-0.25, -0.2) is 0 Å². The molecule has 1 aromatic heterocycles. The third-order valence-corrected chi connectivity index (χ3v) is 3.74. The second kappa shape index (κ2) is 5.92. The lowest BCUT2D eigenvalue weighted by molar-refractivity contribution is 0.859. The van der Waals surface area contributed by atoms with Crippen molar-refractivity contribution in [3.05, 3.63) is 78.5 Å². The molecule has 0 radical (unpaired) electrons. The first kappa shape index (κ1) is 13.6. The van der Waals surface area contributed by atoms with E-state index in [9.17, 15) is 0 Å². The summed E-state index contributed by atoms with van der Waals surface area (Å²) in [4.78, 5) is 4.57. The summed E-state index contributed by atoms with van der Waals surface area (Å²) < 4.78 is 0. The van der Waals surface area contributed by atoms with Crippen molar-refractivity contribution in [2.45, 2.75) is 19.8 Å². The molecule has 104 valence electrons. The minimum absolute atomic E-state index is 0.520. The molecule has 3 rings (SSSR count). The van der Waals surface area contributed by atoms with E-state index in [0.29, 0.717) is 5.92 Å². The van der Waals surface area contributed by atoms with Gasteiger partial charge in [0.25, 0.3) is 0 Å². The van der Waals surface area contributed by atoms with Crippen LogP contribution in [0.4, 0.5) is 0 Å². The van der Waals surface area contributed by atoms with Crippen molar-refractivity contribution in [3.63, 3.8) is 0 Å². The van der Waals surface area contributed by atoms with Crippen LogP contribution in [0.3, 0.4) is 0 Å². The number of pyridine rings is 1. The van der Waals surface area contributed by atoms with Gasteiger partial charge in [-0.3, -0.25) is 4.98 Å². The molecule has 21 heavy (non-hydrogen) atoms. The maximum absolute atomic E-state index is 4.57. The van der Waals surface area contributed by atoms with Gasteiger partial charge in [-0.15, -0.1) is 0 Å². The predicted molar refractivity (Wildman–Crippen MR) is 89.2 cm³/mol. The molecule has 0 aliphatic heterocycles. The van der Waals surface area contributed by atoms with E-state index in [1.54, 1.807) is 0 Å². The summed E-state index contributed by atoms with van der Waals surface area (Å²) in [6, 6.07) is 23.3. The summed E-state index contributed by atoms with van der Waals surface area (Å²) >= 11 is 0. The minimum Gasteiger partial charge on any atom is -0.256 e. The minimum atomic E-state index is 0.520. The highest BCUT2D eigenvalue weighted by molar-refractivity contribution is 5.68. The maximum atomic E-state index is 4.57. The number of rotatable bonds is 3. The van der Waals surface area contributed by atoms with Crippen LogP contribution in [0.2, 0.25) is 0 Å². The zero-order valence-corrected chi connectivity index (χ0v) is 12.5. The summed E-state index contributed by atoms with van der Waals surface area (Å²) in [6.45, 7) is 4.37. The molecule has 0 aliphatic carbocycles. The fourth-order valence-corrected chi connectivity index (χ4v) is 2.38. The lowest BCUT2D eigenvalue weighted by atomic mass is 10.0. The van der Waals surface area contributed by atoms with Crippen molar-refractivity contribution >= 4 is 0 Å². The first-order chi connectivity index (χ1) is 10.2. The molecule has 1 nitrogen and oxygen atoms in total. The molecule has 0 atom stereocenters. The van der Waals surface area contributed by atoms with E-state index >= 15 is 0 Å². The second-order valence-electron chi connectivity index (χ2n) is 5.57. The van der Waals surface area contributed by atoms with Crippen molar-refractivity contribution in [2.24, 2.45) is 0 Å². The molecule has 0 saturated carbocycles. The quantitative estimate of drug-likeness (QED) is 0.610. The van der Waals surface area contributed by atoms with Gasteiger partial charge in [-0.1, -0.05) is 74.5 Å². The molecule has 0 fully saturated rings. The normalized spacial score (nSPS) is 10.8. The second-order valence-corrected chi connectivity index (χ2v) is 5.57. The van der Waals surface area contributed by atoms with E-state index in [1.807, 2.05) is 12.3 Å². The monoisotopic (exact) mass is 273 g/mol. The van der Waals surface area contributed by atoms with E-state index in [-0.39, 0.29) is 0 Å². The highest BCUT2D eigenvalue weighted by Gasteiger charge is 2.03. The summed E-state index contributed by atoms with van der Waals surface area (Å²) in [7, 11) is 0. The number of hydrogen-bond donors (Lipinski definition) is 0. The zero-order valence-electron chi connectivity index (χ0n) is 12.5. The third-order valence-electron chi connectivity index (χ3n) is 3.74. The zero-order chi connectivity index (χ0) is 14.7. The Labute approximate surface area is 126 Å². The van der Waals surface area contributed by atoms with Crippen LogP contribution >= 0.6 is 0 Å². The largest absolute Gasteiger partial charge is 0.256 e. The first-order valence-electron chi connectivity index (χ1n) is 7.36. The van der Waals surface area contributed by atoms with Gasteiger partial charge < -0.3 is 0 Å². The van der Waals surface area contributed by atoms with E-state index in [2.05, 4.69) is 79.5 Å². The Bertz CT molecular complexity index is 695. The Morgan fingerprint density at radius 2 is 1.29 bits per heavy atom. The van der Waals surface area contributed by atoms with Crippen LogP contribution in [0.5, 0.6) is 0 Å². The number of benzene rings is 2. The van der Waals surface area contributed by atoms with Crippen LogP contribution in [0.25, 0.3) is 22.4 Å². The molecule has 0 bridgehead atoms. The third kappa shape index (κ3) is 3.03. The Morgan fingerprint density at radius 3 is 1.86 bits per heavy atom. The fraction of sp³-hybridized carbons (Fsp3) is 0.150. The van der Waals surface area contributed by atoms with Gasteiger partial charge in [0.1, 0.15) is 0 Å². The molecular formula is C20H19N. The van der Waals surface area contributed by atoms with Crippen LogP contribution in [-0.4, -0.2) is 4.98 Å². The van der Waals surface area contributed by atoms with Gasteiger partial charge in [0.15, 0.2) is 0 Å². The molecule has 3 aromatic rings. The van der Waals surface area contributed by atoms with Gasteiger partial charge in [0.05, 0.1) is 5.69 Å². The molecule has 0 amide bonds. The highest BCUT2D eigenvalue weighted by atomic mass is 14.7. The average Bonchev–Trinajstić information content (AvgIpc) is 2.56. The van der Waals surface area contributed by atoms with Crippen LogP contribution in [0.1, 0.15) is 25.3 Å². The Hall–Kier alpha value is -2.41. The Morgan fingerprint density at radius 1 is 0.667 bits per heavy atom. The average molecular weight is 273 g/mol. The molecule has 1 heterocycles. The van der Waals surface area contributed by atoms with Crippen LogP contribution in [0, 0.1) is 0 Å². The molecule has 0 aliphatic rings. The van der Waals surface area contributed by atoms with Crippen LogP contribution in [-0.2, 0) is 0 Å². The van der Waals surface area contributed by atoms with E-state index in [4.69, 9.17) is 0 Å². The Kier molecular flexibility index (Phi) is 3.83. The van der Waals surface area contributed by atoms with Gasteiger partial charge in [0.2, 0.25) is 0 Å². The first-order valence-corrected chi connectivity index (χ1v) is 7.36. The summed E-state index contributed by atoms with van der Waals surface area (Å²) in [5.74, 6) is 0.520. The molecule has 0 saturated heterocycles. The number of nitrogens with zero attached hydrogens (tertiary/aromatic N) is 1. The fourth-order valence-electron chi connectivity index (χ4n) is 2.38. The van der Waals surface area contributed by atoms with Crippen molar-refractivity contribution in [2.75, 3.05) is 0 Å². The smallest absolute Gasteiger partial charge is 0.0702 e. The van der Waals surface area contributed by atoms with E-state index < -0.39 is 0 Å². The van der Waals surface area contributed by atoms with Crippen molar-refractivity contribution in [3.8, 4) is 22.4 Å². The summed E-state index contributed by atoms with van der Waals surface area (Å²) in [6.07, 6.45) is 1.98. The van der Waals surface area contributed by atoms with Crippen LogP contribution < -0.4 is 0 Å². The van der Waals surface area contributed by atoms with Gasteiger partial charge in [-0.05, 0) is 28.7 Å². The molecule has 0 N–H and O–H groups in total. The predicted octanol–water partition coefficient (Wildman–Crippen LogP) is 5.54. The molecule has 0 spiro atoms. The molecule has 2 aromatic carbocycles. The lowest BCUT2D eigenvalue weighted by Gasteiger charge is -2.07. The lowest BCUT2D eigenvalue weighted by Crippen LogP contribution is -1.90. The van der Waals surface area contributed by atoms with Gasteiger partial charge in [0, 0.05) is 11.8 Å². The van der Waals surface area contributed by atoms with E-state index in [0.717, 1.165) is 11.3 Å². The van der Waals surface area contributed by atoms with Gasteiger partial charge >= 0.3 is 0 Å². The van der Waals surface area contributed by atoms with E-state index in [1.165, 1.54) is 16.7 Å². The number of hydrogen-bond acceptors (Lipinski definition) is 1. The van der Waals surface area contributed by atoms with Crippen molar-refractivity contribution < 1.29 is 0 Å². The Balaban J connectivity index is 1.87. The molecular weight excluding hydrogens is 254 g/mol. The SMILES string of the molecule is CC(C)c1ccc(-c2ccc(-c3ccccc3)cc2)nc1. The number of aromatic nitrogens is 1. The van der Waals surface area contributed by atoms with Crippen molar-refractivity contribution in [1.82, 2.24) is 4.98 Å². The standard InChI is InChI=1S/C20H19N/c1-15(2)19-12-13-20(21-14-19)18-10-8-17(9-11-18)16-6-4-3-5-7-16/h3-15H,1-2H3.